The number of nitrogens with zero attached hydrogens (tertiary/aromatic N) is 1. The van der Waals surface area contributed by atoms with Crippen molar-refractivity contribution in [2.24, 2.45) is 0 Å². The zero-order valence-corrected chi connectivity index (χ0v) is 10.9. The van der Waals surface area contributed by atoms with Crippen molar-refractivity contribution in [2.45, 2.75) is 20.3 Å². The zero-order chi connectivity index (χ0) is 14.3. The summed E-state index contributed by atoms with van der Waals surface area (Å²) in [5.74, 6) is -1.51. The lowest BCUT2D eigenvalue weighted by atomic mass is 10.2. The highest BCUT2D eigenvalue weighted by molar-refractivity contribution is 6.03. The number of nitrogens with one attached hydrogen (secondary N) is 1. The minimum Gasteiger partial charge on any atom is -0.273 e. The van der Waals surface area contributed by atoms with Crippen LogP contribution >= 0.6 is 0 Å². The van der Waals surface area contributed by atoms with Crippen LogP contribution in [0.1, 0.15) is 25.8 Å². The van der Waals surface area contributed by atoms with Gasteiger partial charge in [-0.1, -0.05) is 37.3 Å². The third-order valence-corrected chi connectivity index (χ3v) is 2.31. The lowest BCUT2D eigenvalue weighted by Crippen LogP contribution is -2.48. The van der Waals surface area contributed by atoms with Crippen molar-refractivity contribution in [1.82, 2.24) is 10.4 Å². The highest BCUT2D eigenvalue weighted by Crippen LogP contribution is 2.01. The average Bonchev–Trinajstić information content (AvgIpc) is 2.42. The Balaban J connectivity index is 2.75. The first-order valence-electron chi connectivity index (χ1n) is 5.92. The summed E-state index contributed by atoms with van der Waals surface area (Å²) < 4.78 is 0. The van der Waals surface area contributed by atoms with Crippen LogP contribution in [0, 0.1) is 0 Å². The van der Waals surface area contributed by atoms with Crippen LogP contribution < -0.4 is 5.43 Å². The van der Waals surface area contributed by atoms with Gasteiger partial charge in [-0.05, 0) is 11.6 Å². The van der Waals surface area contributed by atoms with Gasteiger partial charge in [0.15, 0.2) is 0 Å². The van der Waals surface area contributed by atoms with Crippen LogP contribution in [0.4, 0.5) is 0 Å². The third-order valence-electron chi connectivity index (χ3n) is 2.31. The molecule has 0 aliphatic heterocycles. The molecule has 0 radical (unpaired) electrons. The Kier molecular flexibility index (Phi) is 5.47. The molecule has 5 heteroatoms. The zero-order valence-electron chi connectivity index (χ0n) is 10.9. The van der Waals surface area contributed by atoms with Gasteiger partial charge >= 0.3 is 0 Å². The molecule has 1 aromatic carbocycles. The maximum atomic E-state index is 11.8. The van der Waals surface area contributed by atoms with Gasteiger partial charge in [-0.15, -0.1) is 0 Å². The minimum atomic E-state index is -0.585. The second kappa shape index (κ2) is 7.10. The maximum Gasteiger partial charge on any atom is 0.272 e. The topological polar surface area (TPSA) is 66.5 Å². The van der Waals surface area contributed by atoms with Crippen LogP contribution in [0.5, 0.6) is 0 Å². The van der Waals surface area contributed by atoms with Crippen LogP contribution in [0.2, 0.25) is 0 Å². The van der Waals surface area contributed by atoms with Crippen molar-refractivity contribution in [1.29, 1.82) is 0 Å². The summed E-state index contributed by atoms with van der Waals surface area (Å²) in [5, 5.41) is 0.700. The van der Waals surface area contributed by atoms with Gasteiger partial charge in [-0.2, -0.15) is 5.01 Å². The second-order valence-corrected chi connectivity index (χ2v) is 3.83. The number of hydrogen-bond donors (Lipinski definition) is 1. The highest BCUT2D eigenvalue weighted by Gasteiger charge is 2.17. The van der Waals surface area contributed by atoms with Crippen LogP contribution in [0.15, 0.2) is 36.4 Å². The quantitative estimate of drug-likeness (QED) is 0.662. The molecule has 19 heavy (non-hydrogen) atoms. The Bertz CT molecular complexity index is 495. The van der Waals surface area contributed by atoms with E-state index in [9.17, 15) is 14.4 Å². The molecule has 0 aromatic heterocycles. The molecule has 3 amide bonds. The van der Waals surface area contributed by atoms with Crippen molar-refractivity contribution < 1.29 is 14.4 Å². The van der Waals surface area contributed by atoms with Crippen molar-refractivity contribution in [3.8, 4) is 0 Å². The molecule has 0 aliphatic rings. The van der Waals surface area contributed by atoms with E-state index in [4.69, 9.17) is 0 Å². The van der Waals surface area contributed by atoms with Gasteiger partial charge in [-0.25, -0.2) is 0 Å². The summed E-state index contributed by atoms with van der Waals surface area (Å²) in [4.78, 5) is 34.3. The Morgan fingerprint density at radius 3 is 2.37 bits per heavy atom. The molecular formula is C14H16N2O3. The molecule has 0 unspecified atom stereocenters. The summed E-state index contributed by atoms with van der Waals surface area (Å²) in [7, 11) is 0. The molecule has 1 rings (SSSR count). The van der Waals surface area contributed by atoms with E-state index in [-0.39, 0.29) is 6.42 Å². The van der Waals surface area contributed by atoms with Crippen molar-refractivity contribution in [3.05, 3.63) is 42.0 Å². The maximum absolute atomic E-state index is 11.8. The van der Waals surface area contributed by atoms with E-state index in [0.29, 0.717) is 5.01 Å². The van der Waals surface area contributed by atoms with Gasteiger partial charge in [0.05, 0.1) is 0 Å². The predicted octanol–water partition coefficient (Wildman–Crippen LogP) is 1.52. The molecule has 5 nitrogen and oxygen atoms in total. The predicted molar refractivity (Wildman–Crippen MR) is 71.4 cm³/mol. The first-order valence-corrected chi connectivity index (χ1v) is 5.92. The Morgan fingerprint density at radius 1 is 1.21 bits per heavy atom. The van der Waals surface area contributed by atoms with Gasteiger partial charge in [-0.3, -0.25) is 19.8 Å². The van der Waals surface area contributed by atoms with E-state index in [1.807, 2.05) is 30.3 Å². The molecule has 0 fully saturated rings. The van der Waals surface area contributed by atoms with Crippen LogP contribution in [-0.2, 0) is 14.4 Å². The van der Waals surface area contributed by atoms with Crippen LogP contribution in [0.3, 0.4) is 0 Å². The summed E-state index contributed by atoms with van der Waals surface area (Å²) in [6.45, 7) is 2.85. The van der Waals surface area contributed by atoms with E-state index >= 15 is 0 Å². The number of carbonyl (C=O) groups excluding carboxylic acids is 3. The Labute approximate surface area is 111 Å². The molecule has 1 aromatic rings. The SMILES string of the molecule is CCC(=O)NN(C(C)=O)C(=O)/C=C/c1ccccc1. The number of imide groups is 1. The fourth-order valence-corrected chi connectivity index (χ4v) is 1.30. The Morgan fingerprint density at radius 2 is 1.84 bits per heavy atom. The van der Waals surface area contributed by atoms with Crippen molar-refractivity contribution in [3.63, 3.8) is 0 Å². The first kappa shape index (κ1) is 14.6. The number of hydrazine groups is 1. The van der Waals surface area contributed by atoms with E-state index < -0.39 is 17.7 Å². The molecular weight excluding hydrogens is 244 g/mol. The van der Waals surface area contributed by atoms with Crippen molar-refractivity contribution >= 4 is 23.8 Å². The van der Waals surface area contributed by atoms with Gasteiger partial charge in [0, 0.05) is 19.4 Å². The van der Waals surface area contributed by atoms with E-state index in [1.54, 1.807) is 13.0 Å². The summed E-state index contributed by atoms with van der Waals surface area (Å²) in [5.41, 5.74) is 3.08. The summed E-state index contributed by atoms with van der Waals surface area (Å²) >= 11 is 0. The molecule has 0 heterocycles. The monoisotopic (exact) mass is 260 g/mol. The highest BCUT2D eigenvalue weighted by atomic mass is 16.2. The number of amides is 3. The van der Waals surface area contributed by atoms with Gasteiger partial charge in [0.1, 0.15) is 0 Å². The van der Waals surface area contributed by atoms with E-state index in [2.05, 4.69) is 5.43 Å². The molecule has 0 saturated heterocycles. The van der Waals surface area contributed by atoms with E-state index in [0.717, 1.165) is 5.56 Å². The van der Waals surface area contributed by atoms with Gasteiger partial charge in [0.25, 0.3) is 5.91 Å². The fourth-order valence-electron chi connectivity index (χ4n) is 1.30. The molecule has 0 atom stereocenters. The normalized spacial score (nSPS) is 10.2. The fraction of sp³-hybridized carbons (Fsp3) is 0.214. The lowest BCUT2D eigenvalue weighted by Gasteiger charge is -2.17. The second-order valence-electron chi connectivity index (χ2n) is 3.83. The molecule has 0 bridgehead atoms. The molecule has 0 aliphatic carbocycles. The molecule has 0 saturated carbocycles. The summed E-state index contributed by atoms with van der Waals surface area (Å²) in [6.07, 6.45) is 3.02. The van der Waals surface area contributed by atoms with E-state index in [1.165, 1.54) is 13.0 Å². The van der Waals surface area contributed by atoms with Crippen molar-refractivity contribution in [2.75, 3.05) is 0 Å². The summed E-state index contributed by atoms with van der Waals surface area (Å²) in [6, 6.07) is 9.19. The smallest absolute Gasteiger partial charge is 0.272 e. The average molecular weight is 260 g/mol. The lowest BCUT2D eigenvalue weighted by molar-refractivity contribution is -0.149. The number of carbonyl (C=O) groups is 3. The van der Waals surface area contributed by atoms with Crippen LogP contribution in [-0.4, -0.2) is 22.7 Å². The number of rotatable bonds is 3. The standard InChI is InChI=1S/C14H16N2O3/c1-3-13(18)15-16(11(2)17)14(19)10-9-12-7-5-4-6-8-12/h4-10H,3H2,1-2H3,(H,15,18)/b10-9+. The Hall–Kier alpha value is -2.43. The molecule has 0 spiro atoms. The molecule has 1 N–H and O–H groups in total. The van der Waals surface area contributed by atoms with Gasteiger partial charge < -0.3 is 0 Å². The number of benzene rings is 1. The minimum absolute atomic E-state index is 0.194. The first-order chi connectivity index (χ1) is 9.04. The largest absolute Gasteiger partial charge is 0.273 e. The van der Waals surface area contributed by atoms with Gasteiger partial charge in [0.2, 0.25) is 11.8 Å². The third kappa shape index (κ3) is 4.75. The number of hydrogen-bond acceptors (Lipinski definition) is 3. The molecule has 100 valence electrons. The van der Waals surface area contributed by atoms with Crippen LogP contribution in [0.25, 0.3) is 6.08 Å².